The van der Waals surface area contributed by atoms with Crippen LogP contribution in [-0.4, -0.2) is 91.0 Å². The molecule has 284 valence electrons. The van der Waals surface area contributed by atoms with Crippen molar-refractivity contribution in [1.29, 1.82) is 0 Å². The molecule has 1 unspecified atom stereocenters. The van der Waals surface area contributed by atoms with E-state index < -0.39 is 11.9 Å². The Morgan fingerprint density at radius 2 is 1.73 bits per heavy atom. The minimum Gasteiger partial charge on any atom is -0.367 e. The first-order valence-electron chi connectivity index (χ1n) is 19.0. The van der Waals surface area contributed by atoms with Crippen molar-refractivity contribution in [2.75, 3.05) is 36.4 Å². The van der Waals surface area contributed by atoms with Gasteiger partial charge in [0.15, 0.2) is 5.78 Å². The second-order valence-corrected chi connectivity index (χ2v) is 14.8. The number of carbonyl (C=O) groups excluding carboxylic acids is 5. The smallest absolute Gasteiger partial charge is 0.263 e. The SMILES string of the molecule is CC(=O)c1c(C)c2cnc(Nc3ccc(N4CCN(C(=O)CCc5cccc6c5CN(C5CCC(=O)NC5=O)C6=O)CC4)cn3)nc2n(C2CCCC2)c1=O. The number of carbonyl (C=O) groups is 5. The van der Waals surface area contributed by atoms with Crippen LogP contribution in [-0.2, 0) is 27.3 Å². The molecule has 8 rings (SSSR count). The summed E-state index contributed by atoms with van der Waals surface area (Å²) in [5, 5.41) is 6.19. The Balaban J connectivity index is 0.877. The summed E-state index contributed by atoms with van der Waals surface area (Å²) in [5.74, 6) is -0.358. The Kier molecular flexibility index (Phi) is 9.61. The fourth-order valence-corrected chi connectivity index (χ4v) is 8.57. The molecule has 1 aromatic carbocycles. The van der Waals surface area contributed by atoms with Gasteiger partial charge in [-0.15, -0.1) is 0 Å². The van der Waals surface area contributed by atoms with Crippen LogP contribution in [0.15, 0.2) is 47.5 Å². The third kappa shape index (κ3) is 6.83. The Morgan fingerprint density at radius 1 is 0.945 bits per heavy atom. The summed E-state index contributed by atoms with van der Waals surface area (Å²) in [7, 11) is 0. The van der Waals surface area contributed by atoms with E-state index in [0.29, 0.717) is 79.4 Å². The maximum absolute atomic E-state index is 13.6. The summed E-state index contributed by atoms with van der Waals surface area (Å²) in [4.78, 5) is 96.1. The van der Waals surface area contributed by atoms with Crippen LogP contribution < -0.4 is 21.1 Å². The number of aromatic nitrogens is 4. The highest BCUT2D eigenvalue weighted by molar-refractivity contribution is 6.05. The zero-order valence-corrected chi connectivity index (χ0v) is 31.0. The number of anilines is 3. The van der Waals surface area contributed by atoms with E-state index in [1.807, 2.05) is 29.2 Å². The normalized spacial score (nSPS) is 18.9. The fraction of sp³-hybridized carbons (Fsp3) is 0.425. The minimum atomic E-state index is -0.680. The average molecular weight is 746 g/mol. The predicted molar refractivity (Wildman–Crippen MR) is 203 cm³/mol. The van der Waals surface area contributed by atoms with E-state index in [9.17, 15) is 28.8 Å². The minimum absolute atomic E-state index is 0.0129. The van der Waals surface area contributed by atoms with Crippen molar-refractivity contribution in [3.05, 3.63) is 80.9 Å². The van der Waals surface area contributed by atoms with Gasteiger partial charge in [0.05, 0.1) is 17.4 Å². The summed E-state index contributed by atoms with van der Waals surface area (Å²) >= 11 is 0. The Bertz CT molecular complexity index is 2290. The predicted octanol–water partition coefficient (Wildman–Crippen LogP) is 3.60. The van der Waals surface area contributed by atoms with Gasteiger partial charge in [0.2, 0.25) is 23.7 Å². The number of fused-ring (bicyclic) bond motifs is 2. The van der Waals surface area contributed by atoms with Crippen LogP contribution >= 0.6 is 0 Å². The van der Waals surface area contributed by atoms with Gasteiger partial charge in [-0.05, 0) is 74.4 Å². The average Bonchev–Trinajstić information content (AvgIpc) is 3.83. The van der Waals surface area contributed by atoms with Crippen LogP contribution in [0.3, 0.4) is 0 Å². The van der Waals surface area contributed by atoms with Crippen LogP contribution in [0.1, 0.15) is 95.3 Å². The molecule has 0 radical (unpaired) electrons. The molecule has 1 saturated carbocycles. The van der Waals surface area contributed by atoms with E-state index in [-0.39, 0.29) is 53.6 Å². The standard InChI is InChI=1S/C40H43N9O6/c1-23-29-21-42-40(45-36(29)49(26-7-3-4-8-26)39(55)35(23)24(2)50)43-32-13-11-27(20-41-32)46-16-18-47(19-17-46)34(52)15-10-25-6-5-9-28-30(25)22-48(38(28)54)31-12-14-33(51)44-37(31)53/h5-6,9,11,13,20-21,26,31H,3-4,7-8,10,12,14-19,22H2,1-2H3,(H,44,51,53)(H,41,42,43,45). The molecule has 3 fully saturated rings. The molecule has 15 heteroatoms. The molecule has 4 aromatic rings. The first-order valence-corrected chi connectivity index (χ1v) is 19.0. The van der Waals surface area contributed by atoms with E-state index >= 15 is 0 Å². The zero-order valence-electron chi connectivity index (χ0n) is 31.0. The summed E-state index contributed by atoms with van der Waals surface area (Å²) in [6.45, 7) is 5.89. The lowest BCUT2D eigenvalue weighted by Crippen LogP contribution is -2.52. The molecule has 1 atom stereocenters. The van der Waals surface area contributed by atoms with Crippen LogP contribution in [0.4, 0.5) is 17.5 Å². The van der Waals surface area contributed by atoms with Gasteiger partial charge in [0, 0.05) is 68.8 Å². The van der Waals surface area contributed by atoms with Crippen molar-refractivity contribution < 1.29 is 24.0 Å². The van der Waals surface area contributed by atoms with E-state index in [2.05, 4.69) is 25.5 Å². The summed E-state index contributed by atoms with van der Waals surface area (Å²) in [5.41, 5.74) is 4.24. The van der Waals surface area contributed by atoms with Gasteiger partial charge in [-0.1, -0.05) is 25.0 Å². The largest absolute Gasteiger partial charge is 0.367 e. The molecule has 3 aromatic heterocycles. The van der Waals surface area contributed by atoms with E-state index in [4.69, 9.17) is 4.98 Å². The fourth-order valence-electron chi connectivity index (χ4n) is 8.57. The zero-order chi connectivity index (χ0) is 38.4. The Labute approximate surface area is 317 Å². The van der Waals surface area contributed by atoms with Gasteiger partial charge in [0.25, 0.3) is 11.5 Å². The van der Waals surface area contributed by atoms with Gasteiger partial charge in [-0.3, -0.25) is 38.7 Å². The topological polar surface area (TPSA) is 180 Å². The number of nitrogens with zero attached hydrogens (tertiary/aromatic N) is 7. The summed E-state index contributed by atoms with van der Waals surface area (Å²) < 4.78 is 1.69. The molecule has 4 aliphatic rings. The van der Waals surface area contributed by atoms with Crippen LogP contribution in [0, 0.1) is 6.92 Å². The van der Waals surface area contributed by atoms with Gasteiger partial charge in [-0.2, -0.15) is 4.98 Å². The van der Waals surface area contributed by atoms with Crippen LogP contribution in [0.5, 0.6) is 0 Å². The van der Waals surface area contributed by atoms with E-state index in [1.54, 1.807) is 30.0 Å². The number of piperazine rings is 1. The number of rotatable bonds is 9. The molecular weight excluding hydrogens is 702 g/mol. The van der Waals surface area contributed by atoms with Crippen molar-refractivity contribution in [2.45, 2.75) is 83.8 Å². The second-order valence-electron chi connectivity index (χ2n) is 14.8. The number of imide groups is 1. The number of pyridine rings is 2. The number of ketones is 1. The number of hydrogen-bond donors (Lipinski definition) is 2. The molecular formula is C40H43N9O6. The maximum atomic E-state index is 13.6. The third-order valence-electron chi connectivity index (χ3n) is 11.5. The van der Waals surface area contributed by atoms with Gasteiger partial charge in [0.1, 0.15) is 17.5 Å². The number of hydrogen-bond acceptors (Lipinski definition) is 11. The van der Waals surface area contributed by atoms with Crippen molar-refractivity contribution in [1.82, 2.24) is 34.6 Å². The highest BCUT2D eigenvalue weighted by atomic mass is 16.2. The van der Waals surface area contributed by atoms with Gasteiger partial charge >= 0.3 is 0 Å². The highest BCUT2D eigenvalue weighted by Crippen LogP contribution is 2.33. The quantitative estimate of drug-likeness (QED) is 0.189. The number of amides is 4. The van der Waals surface area contributed by atoms with Crippen molar-refractivity contribution in [3.8, 4) is 0 Å². The van der Waals surface area contributed by atoms with E-state index in [1.165, 1.54) is 11.8 Å². The number of piperidine rings is 1. The Hall–Kier alpha value is -5.99. The Morgan fingerprint density at radius 3 is 2.44 bits per heavy atom. The van der Waals surface area contributed by atoms with E-state index in [0.717, 1.165) is 42.5 Å². The molecule has 1 aliphatic carbocycles. The number of benzene rings is 1. The molecule has 0 spiro atoms. The molecule has 0 bridgehead atoms. The molecule has 3 aliphatic heterocycles. The number of nitrogens with one attached hydrogen (secondary N) is 2. The third-order valence-corrected chi connectivity index (χ3v) is 11.5. The van der Waals surface area contributed by atoms with Gasteiger partial charge < -0.3 is 20.0 Å². The highest BCUT2D eigenvalue weighted by Gasteiger charge is 2.40. The lowest BCUT2D eigenvalue weighted by atomic mass is 9.99. The van der Waals surface area contributed by atoms with Crippen molar-refractivity contribution in [3.63, 3.8) is 0 Å². The van der Waals surface area contributed by atoms with Crippen molar-refractivity contribution in [2.24, 2.45) is 0 Å². The number of aryl methyl sites for hydroxylation is 2. The maximum Gasteiger partial charge on any atom is 0.263 e. The lowest BCUT2D eigenvalue weighted by molar-refractivity contribution is -0.137. The molecule has 2 saturated heterocycles. The second kappa shape index (κ2) is 14.7. The van der Waals surface area contributed by atoms with Crippen molar-refractivity contribution >= 4 is 57.9 Å². The van der Waals surface area contributed by atoms with Crippen LogP contribution in [0.25, 0.3) is 11.0 Å². The summed E-state index contributed by atoms with van der Waals surface area (Å²) in [6.07, 6.45) is 8.49. The molecule has 55 heavy (non-hydrogen) atoms. The molecule has 2 N–H and O–H groups in total. The first-order chi connectivity index (χ1) is 26.6. The summed E-state index contributed by atoms with van der Waals surface area (Å²) in [6, 6.07) is 8.62. The molecule has 15 nitrogen and oxygen atoms in total. The molecule has 6 heterocycles. The molecule has 4 amide bonds. The number of Topliss-reactive ketones (excluding diaryl/α,β-unsaturated/α-hetero) is 1. The lowest BCUT2D eigenvalue weighted by Gasteiger charge is -2.36. The van der Waals surface area contributed by atoms with Gasteiger partial charge in [-0.25, -0.2) is 9.97 Å². The van der Waals surface area contributed by atoms with Crippen LogP contribution in [0.2, 0.25) is 0 Å². The monoisotopic (exact) mass is 745 g/mol. The first kappa shape index (κ1) is 36.0.